The first-order valence-electron chi connectivity index (χ1n) is 10.4. The van der Waals surface area contributed by atoms with Crippen LogP contribution in [0.25, 0.3) is 10.9 Å². The number of carbonyl (C=O) groups excluding carboxylic acids is 1. The number of carbonyl (C=O) groups is 1. The number of rotatable bonds is 4. The standard InChI is InChI=1S/C27H26N2O2/c1-17-12-13-19(3)24(14-17)29(27(31)23-11-6-5-8-18(23)2)16-22-15-21-10-7-9-20(4)25(21)28-26(22)30/h5-15H,16H2,1-4H3,(H,28,30). The van der Waals surface area contributed by atoms with Crippen LogP contribution < -0.4 is 10.5 Å². The molecular formula is C27H26N2O2. The van der Waals surface area contributed by atoms with Crippen LogP contribution in [0.5, 0.6) is 0 Å². The van der Waals surface area contributed by atoms with E-state index in [0.717, 1.165) is 38.8 Å². The first kappa shape index (κ1) is 20.6. The summed E-state index contributed by atoms with van der Waals surface area (Å²) in [4.78, 5) is 31.3. The van der Waals surface area contributed by atoms with Gasteiger partial charge >= 0.3 is 0 Å². The van der Waals surface area contributed by atoms with Crippen LogP contribution in [0, 0.1) is 27.7 Å². The van der Waals surface area contributed by atoms with Gasteiger partial charge in [-0.15, -0.1) is 0 Å². The highest BCUT2D eigenvalue weighted by molar-refractivity contribution is 6.07. The maximum absolute atomic E-state index is 13.7. The van der Waals surface area contributed by atoms with Gasteiger partial charge in [-0.3, -0.25) is 9.59 Å². The fraction of sp³-hybridized carbons (Fsp3) is 0.185. The van der Waals surface area contributed by atoms with Crippen molar-refractivity contribution in [2.45, 2.75) is 34.2 Å². The van der Waals surface area contributed by atoms with E-state index in [1.54, 1.807) is 4.90 Å². The Hall–Kier alpha value is -3.66. The van der Waals surface area contributed by atoms with Gasteiger partial charge in [-0.25, -0.2) is 0 Å². The van der Waals surface area contributed by atoms with Crippen LogP contribution in [0.15, 0.2) is 71.5 Å². The summed E-state index contributed by atoms with van der Waals surface area (Å²) in [5, 5.41) is 0.957. The van der Waals surface area contributed by atoms with E-state index in [2.05, 4.69) is 4.98 Å². The predicted molar refractivity (Wildman–Crippen MR) is 127 cm³/mol. The lowest BCUT2D eigenvalue weighted by atomic mass is 10.0. The van der Waals surface area contributed by atoms with Gasteiger partial charge in [-0.2, -0.15) is 0 Å². The van der Waals surface area contributed by atoms with Crippen molar-refractivity contribution in [2.24, 2.45) is 0 Å². The summed E-state index contributed by atoms with van der Waals surface area (Å²) < 4.78 is 0. The molecule has 156 valence electrons. The molecule has 0 bridgehead atoms. The van der Waals surface area contributed by atoms with E-state index in [1.165, 1.54) is 0 Å². The molecule has 1 N–H and O–H groups in total. The van der Waals surface area contributed by atoms with Gasteiger partial charge in [-0.05, 0) is 73.5 Å². The number of benzene rings is 3. The Morgan fingerprint density at radius 3 is 2.35 bits per heavy atom. The highest BCUT2D eigenvalue weighted by Crippen LogP contribution is 2.26. The molecule has 0 fully saturated rings. The van der Waals surface area contributed by atoms with Gasteiger partial charge in [0.15, 0.2) is 0 Å². The Morgan fingerprint density at radius 1 is 0.839 bits per heavy atom. The van der Waals surface area contributed by atoms with E-state index in [1.807, 2.05) is 94.4 Å². The second-order valence-corrected chi connectivity index (χ2v) is 8.16. The van der Waals surface area contributed by atoms with Crippen LogP contribution in [-0.2, 0) is 6.54 Å². The van der Waals surface area contributed by atoms with Crippen molar-refractivity contribution in [3.05, 3.63) is 110 Å². The number of hydrogen-bond donors (Lipinski definition) is 1. The molecule has 0 atom stereocenters. The minimum absolute atomic E-state index is 0.115. The summed E-state index contributed by atoms with van der Waals surface area (Å²) in [5.41, 5.74) is 6.64. The number of aromatic nitrogens is 1. The molecule has 4 heteroatoms. The smallest absolute Gasteiger partial charge is 0.258 e. The topological polar surface area (TPSA) is 53.2 Å². The van der Waals surface area contributed by atoms with Gasteiger partial charge in [0.2, 0.25) is 0 Å². The number of anilines is 1. The fourth-order valence-corrected chi connectivity index (χ4v) is 3.95. The van der Waals surface area contributed by atoms with Crippen LogP contribution in [0.2, 0.25) is 0 Å². The SMILES string of the molecule is Cc1ccc(C)c(N(Cc2cc3cccc(C)c3[nH]c2=O)C(=O)c2ccccc2C)c1. The summed E-state index contributed by atoms with van der Waals surface area (Å²) in [7, 11) is 0. The quantitative estimate of drug-likeness (QED) is 0.475. The molecule has 1 heterocycles. The summed E-state index contributed by atoms with van der Waals surface area (Å²) in [6.45, 7) is 8.09. The fourth-order valence-electron chi connectivity index (χ4n) is 3.95. The molecule has 0 spiro atoms. The molecule has 0 saturated carbocycles. The van der Waals surface area contributed by atoms with Crippen LogP contribution in [0.4, 0.5) is 5.69 Å². The van der Waals surface area contributed by atoms with Gasteiger partial charge in [-0.1, -0.05) is 48.5 Å². The lowest BCUT2D eigenvalue weighted by Gasteiger charge is -2.26. The average molecular weight is 411 g/mol. The molecule has 0 saturated heterocycles. The zero-order valence-corrected chi connectivity index (χ0v) is 18.3. The van der Waals surface area contributed by atoms with Crippen LogP contribution in [0.3, 0.4) is 0 Å². The van der Waals surface area contributed by atoms with Crippen molar-refractivity contribution in [1.29, 1.82) is 0 Å². The molecule has 0 radical (unpaired) electrons. The third kappa shape index (κ3) is 4.02. The van der Waals surface area contributed by atoms with Crippen molar-refractivity contribution in [3.8, 4) is 0 Å². The van der Waals surface area contributed by atoms with Gasteiger partial charge in [0.25, 0.3) is 11.5 Å². The Morgan fingerprint density at radius 2 is 1.58 bits per heavy atom. The second-order valence-electron chi connectivity index (χ2n) is 8.16. The molecule has 1 amide bonds. The van der Waals surface area contributed by atoms with Gasteiger partial charge in [0.1, 0.15) is 0 Å². The Labute approximate surface area is 182 Å². The molecule has 4 aromatic rings. The largest absolute Gasteiger partial charge is 0.321 e. The number of aryl methyl sites for hydroxylation is 4. The molecule has 0 unspecified atom stereocenters. The molecular weight excluding hydrogens is 384 g/mol. The van der Waals surface area contributed by atoms with Crippen molar-refractivity contribution in [2.75, 3.05) is 4.90 Å². The molecule has 4 nitrogen and oxygen atoms in total. The molecule has 31 heavy (non-hydrogen) atoms. The Bertz CT molecular complexity index is 1350. The number of para-hydroxylation sites is 1. The molecule has 3 aromatic carbocycles. The lowest BCUT2D eigenvalue weighted by molar-refractivity contribution is 0.0984. The van der Waals surface area contributed by atoms with E-state index in [0.29, 0.717) is 11.1 Å². The third-order valence-corrected chi connectivity index (χ3v) is 5.77. The molecule has 0 aliphatic heterocycles. The molecule has 1 aromatic heterocycles. The van der Waals surface area contributed by atoms with Crippen molar-refractivity contribution >= 4 is 22.5 Å². The minimum Gasteiger partial charge on any atom is -0.321 e. The Balaban J connectivity index is 1.86. The van der Waals surface area contributed by atoms with Gasteiger partial charge < -0.3 is 9.88 Å². The number of amides is 1. The summed E-state index contributed by atoms with van der Waals surface area (Å²) in [6.07, 6.45) is 0. The molecule has 0 aliphatic rings. The maximum atomic E-state index is 13.7. The second kappa shape index (κ2) is 8.23. The highest BCUT2D eigenvalue weighted by atomic mass is 16.2. The number of hydrogen-bond acceptors (Lipinski definition) is 2. The number of fused-ring (bicyclic) bond motifs is 1. The van der Waals surface area contributed by atoms with E-state index < -0.39 is 0 Å². The summed E-state index contributed by atoms with van der Waals surface area (Å²) in [6, 6.07) is 21.4. The maximum Gasteiger partial charge on any atom is 0.258 e. The van der Waals surface area contributed by atoms with E-state index >= 15 is 0 Å². The zero-order chi connectivity index (χ0) is 22.1. The van der Waals surface area contributed by atoms with Gasteiger partial charge in [0, 0.05) is 16.8 Å². The van der Waals surface area contributed by atoms with Crippen LogP contribution in [-0.4, -0.2) is 10.9 Å². The van der Waals surface area contributed by atoms with Crippen LogP contribution in [0.1, 0.15) is 38.2 Å². The summed E-state index contributed by atoms with van der Waals surface area (Å²) in [5.74, 6) is -0.115. The first-order chi connectivity index (χ1) is 14.8. The lowest BCUT2D eigenvalue weighted by Crippen LogP contribution is -2.34. The predicted octanol–water partition coefficient (Wildman–Crippen LogP) is 5.61. The Kier molecular flexibility index (Phi) is 5.47. The highest BCUT2D eigenvalue weighted by Gasteiger charge is 2.22. The van der Waals surface area contributed by atoms with Crippen molar-refractivity contribution < 1.29 is 4.79 Å². The number of pyridine rings is 1. The number of aromatic amines is 1. The summed E-state index contributed by atoms with van der Waals surface area (Å²) >= 11 is 0. The normalized spacial score (nSPS) is 11.0. The number of H-pyrrole nitrogens is 1. The van der Waals surface area contributed by atoms with Crippen molar-refractivity contribution in [1.82, 2.24) is 4.98 Å². The molecule has 4 rings (SSSR count). The van der Waals surface area contributed by atoms with Crippen LogP contribution >= 0.6 is 0 Å². The van der Waals surface area contributed by atoms with Crippen molar-refractivity contribution in [3.63, 3.8) is 0 Å². The van der Waals surface area contributed by atoms with E-state index in [9.17, 15) is 9.59 Å². The van der Waals surface area contributed by atoms with E-state index in [-0.39, 0.29) is 18.0 Å². The zero-order valence-electron chi connectivity index (χ0n) is 18.3. The first-order valence-corrected chi connectivity index (χ1v) is 10.4. The van der Waals surface area contributed by atoms with Gasteiger partial charge in [0.05, 0.1) is 12.1 Å². The monoisotopic (exact) mass is 410 g/mol. The third-order valence-electron chi connectivity index (χ3n) is 5.77. The average Bonchev–Trinajstić information content (AvgIpc) is 2.75. The number of nitrogens with one attached hydrogen (secondary N) is 1. The van der Waals surface area contributed by atoms with E-state index in [4.69, 9.17) is 0 Å². The molecule has 0 aliphatic carbocycles. The minimum atomic E-state index is -0.172. The number of nitrogens with zero attached hydrogens (tertiary/aromatic N) is 1.